The SMILES string of the molecule is C#CCNC(=NC)NCCN(C)C1CCCCC1.I. The highest BCUT2D eigenvalue weighted by Gasteiger charge is 2.17. The Labute approximate surface area is 134 Å². The van der Waals surface area contributed by atoms with Gasteiger partial charge < -0.3 is 15.5 Å². The maximum absolute atomic E-state index is 5.20. The Morgan fingerprint density at radius 1 is 1.32 bits per heavy atom. The Balaban J connectivity index is 0.00000324. The van der Waals surface area contributed by atoms with Gasteiger partial charge >= 0.3 is 0 Å². The maximum atomic E-state index is 5.20. The van der Waals surface area contributed by atoms with Gasteiger partial charge in [0.15, 0.2) is 5.96 Å². The zero-order valence-electron chi connectivity index (χ0n) is 12.1. The molecule has 19 heavy (non-hydrogen) atoms. The lowest BCUT2D eigenvalue weighted by molar-refractivity contribution is 0.194. The van der Waals surface area contributed by atoms with Crippen molar-refractivity contribution in [3.8, 4) is 12.3 Å². The van der Waals surface area contributed by atoms with Gasteiger partial charge in [0.1, 0.15) is 0 Å². The molecule has 0 amide bonds. The first-order valence-corrected chi connectivity index (χ1v) is 6.86. The quantitative estimate of drug-likeness (QED) is 0.331. The smallest absolute Gasteiger partial charge is 0.191 e. The van der Waals surface area contributed by atoms with Crippen molar-refractivity contribution < 1.29 is 0 Å². The van der Waals surface area contributed by atoms with Gasteiger partial charge in [-0.3, -0.25) is 4.99 Å². The van der Waals surface area contributed by atoms with E-state index in [1.807, 2.05) is 0 Å². The molecule has 1 aliphatic carbocycles. The molecule has 0 heterocycles. The van der Waals surface area contributed by atoms with Crippen LogP contribution < -0.4 is 10.6 Å². The molecule has 0 saturated heterocycles. The molecular weight excluding hydrogens is 351 g/mol. The van der Waals surface area contributed by atoms with Crippen LogP contribution in [-0.4, -0.2) is 50.6 Å². The van der Waals surface area contributed by atoms with E-state index in [2.05, 4.69) is 33.5 Å². The molecule has 5 heteroatoms. The summed E-state index contributed by atoms with van der Waals surface area (Å²) < 4.78 is 0. The number of nitrogens with one attached hydrogen (secondary N) is 2. The average Bonchev–Trinajstić information content (AvgIpc) is 2.43. The lowest BCUT2D eigenvalue weighted by atomic mass is 9.94. The monoisotopic (exact) mass is 378 g/mol. The first-order chi connectivity index (χ1) is 8.77. The third kappa shape index (κ3) is 7.63. The molecule has 0 bridgehead atoms. The molecule has 0 aliphatic heterocycles. The highest BCUT2D eigenvalue weighted by atomic mass is 127. The predicted molar refractivity (Wildman–Crippen MR) is 93.1 cm³/mol. The summed E-state index contributed by atoms with van der Waals surface area (Å²) in [4.78, 5) is 6.57. The van der Waals surface area contributed by atoms with E-state index in [1.54, 1.807) is 7.05 Å². The molecule has 0 spiro atoms. The zero-order valence-corrected chi connectivity index (χ0v) is 14.4. The molecule has 0 atom stereocenters. The van der Waals surface area contributed by atoms with Crippen molar-refractivity contribution in [1.82, 2.24) is 15.5 Å². The average molecular weight is 378 g/mol. The van der Waals surface area contributed by atoms with Crippen LogP contribution >= 0.6 is 24.0 Å². The molecule has 2 N–H and O–H groups in total. The van der Waals surface area contributed by atoms with Crippen LogP contribution in [0.5, 0.6) is 0 Å². The third-order valence-corrected chi connectivity index (χ3v) is 3.54. The molecule has 0 aromatic heterocycles. The topological polar surface area (TPSA) is 39.7 Å². The van der Waals surface area contributed by atoms with Crippen LogP contribution in [0.15, 0.2) is 4.99 Å². The number of hydrogen-bond acceptors (Lipinski definition) is 2. The Kier molecular flexibility index (Phi) is 11.1. The number of rotatable bonds is 5. The van der Waals surface area contributed by atoms with Gasteiger partial charge in [0.25, 0.3) is 0 Å². The van der Waals surface area contributed by atoms with E-state index in [9.17, 15) is 0 Å². The molecule has 0 aromatic carbocycles. The van der Waals surface area contributed by atoms with Gasteiger partial charge in [0.05, 0.1) is 6.54 Å². The second-order valence-electron chi connectivity index (χ2n) is 4.83. The number of halogens is 1. The second-order valence-corrected chi connectivity index (χ2v) is 4.83. The molecule has 1 aliphatic rings. The lowest BCUT2D eigenvalue weighted by Gasteiger charge is -2.31. The van der Waals surface area contributed by atoms with Gasteiger partial charge in [-0.15, -0.1) is 30.4 Å². The van der Waals surface area contributed by atoms with E-state index in [0.29, 0.717) is 6.54 Å². The molecule has 1 saturated carbocycles. The van der Waals surface area contributed by atoms with Crippen molar-refractivity contribution in [3.05, 3.63) is 0 Å². The maximum Gasteiger partial charge on any atom is 0.191 e. The first kappa shape index (κ1) is 18.5. The van der Waals surface area contributed by atoms with Crippen LogP contribution in [0.1, 0.15) is 32.1 Å². The third-order valence-electron chi connectivity index (χ3n) is 3.54. The summed E-state index contributed by atoms with van der Waals surface area (Å²) in [5.74, 6) is 3.32. The molecule has 0 aromatic rings. The summed E-state index contributed by atoms with van der Waals surface area (Å²) >= 11 is 0. The van der Waals surface area contributed by atoms with Crippen molar-refractivity contribution >= 4 is 29.9 Å². The van der Waals surface area contributed by atoms with Crippen LogP contribution in [0, 0.1) is 12.3 Å². The van der Waals surface area contributed by atoms with E-state index in [-0.39, 0.29) is 24.0 Å². The van der Waals surface area contributed by atoms with Crippen LogP contribution in [-0.2, 0) is 0 Å². The first-order valence-electron chi connectivity index (χ1n) is 6.86. The van der Waals surface area contributed by atoms with Crippen molar-refractivity contribution in [2.24, 2.45) is 4.99 Å². The molecular formula is C14H27IN4. The molecule has 1 fully saturated rings. The fourth-order valence-corrected chi connectivity index (χ4v) is 2.41. The Hall–Kier alpha value is -0.480. The summed E-state index contributed by atoms with van der Waals surface area (Å²) in [5.41, 5.74) is 0. The summed E-state index contributed by atoms with van der Waals surface area (Å²) in [6.45, 7) is 2.46. The van der Waals surface area contributed by atoms with E-state index < -0.39 is 0 Å². The molecule has 110 valence electrons. The van der Waals surface area contributed by atoms with Gasteiger partial charge in [0.2, 0.25) is 0 Å². The minimum Gasteiger partial charge on any atom is -0.355 e. The van der Waals surface area contributed by atoms with Gasteiger partial charge in [-0.25, -0.2) is 0 Å². The summed E-state index contributed by atoms with van der Waals surface area (Å²) in [5, 5.41) is 6.33. The largest absolute Gasteiger partial charge is 0.355 e. The van der Waals surface area contributed by atoms with E-state index in [4.69, 9.17) is 6.42 Å². The van der Waals surface area contributed by atoms with Crippen LogP contribution in [0.2, 0.25) is 0 Å². The van der Waals surface area contributed by atoms with Crippen LogP contribution in [0.3, 0.4) is 0 Å². The lowest BCUT2D eigenvalue weighted by Crippen LogP contribution is -2.43. The van der Waals surface area contributed by atoms with E-state index >= 15 is 0 Å². The van der Waals surface area contributed by atoms with Gasteiger partial charge in [-0.1, -0.05) is 25.2 Å². The molecule has 0 radical (unpaired) electrons. The Morgan fingerprint density at radius 2 is 2.00 bits per heavy atom. The van der Waals surface area contributed by atoms with Gasteiger partial charge in [-0.2, -0.15) is 0 Å². The minimum absolute atomic E-state index is 0. The van der Waals surface area contributed by atoms with Gasteiger partial charge in [-0.05, 0) is 19.9 Å². The number of aliphatic imine (C=N–C) groups is 1. The number of nitrogens with zero attached hydrogens (tertiary/aromatic N) is 2. The van der Waals surface area contributed by atoms with Crippen LogP contribution in [0.4, 0.5) is 0 Å². The number of likely N-dealkylation sites (N-methyl/N-ethyl adjacent to an activating group) is 1. The number of hydrogen-bond donors (Lipinski definition) is 2. The molecule has 4 nitrogen and oxygen atoms in total. The number of terminal acetylenes is 1. The normalized spacial score (nSPS) is 16.6. The standard InChI is InChI=1S/C14H26N4.HI/c1-4-10-16-14(15-2)17-11-12-18(3)13-8-6-5-7-9-13;/h1,13H,5-12H2,2-3H3,(H2,15,16,17);1H. The highest BCUT2D eigenvalue weighted by Crippen LogP contribution is 2.20. The minimum atomic E-state index is 0. The molecule has 0 unspecified atom stereocenters. The van der Waals surface area contributed by atoms with Crippen molar-refractivity contribution in [3.63, 3.8) is 0 Å². The summed E-state index contributed by atoms with van der Waals surface area (Å²) in [6, 6.07) is 0.765. The second kappa shape index (κ2) is 11.4. The fourth-order valence-electron chi connectivity index (χ4n) is 2.41. The fraction of sp³-hybridized carbons (Fsp3) is 0.786. The zero-order chi connectivity index (χ0) is 13.2. The molecule has 1 rings (SSSR count). The predicted octanol–water partition coefficient (Wildman–Crippen LogP) is 1.67. The van der Waals surface area contributed by atoms with Crippen molar-refractivity contribution in [2.45, 2.75) is 38.1 Å². The summed E-state index contributed by atoms with van der Waals surface area (Å²) in [7, 11) is 3.98. The van der Waals surface area contributed by atoms with E-state index in [1.165, 1.54) is 32.1 Å². The van der Waals surface area contributed by atoms with E-state index in [0.717, 1.165) is 25.1 Å². The van der Waals surface area contributed by atoms with Crippen LogP contribution in [0.25, 0.3) is 0 Å². The van der Waals surface area contributed by atoms with Crippen molar-refractivity contribution in [1.29, 1.82) is 0 Å². The summed E-state index contributed by atoms with van der Waals surface area (Å²) in [6.07, 6.45) is 12.1. The Bertz CT molecular complexity index is 292. The van der Waals surface area contributed by atoms with Gasteiger partial charge in [0, 0.05) is 26.2 Å². The Morgan fingerprint density at radius 3 is 2.58 bits per heavy atom. The number of guanidine groups is 1. The van der Waals surface area contributed by atoms with Crippen molar-refractivity contribution in [2.75, 3.05) is 33.7 Å². The highest BCUT2D eigenvalue weighted by molar-refractivity contribution is 14.0.